The molecule has 3 saturated carbocycles. The molecule has 35 heavy (non-hydrogen) atoms. The van der Waals surface area contributed by atoms with Crippen molar-refractivity contribution in [2.24, 2.45) is 35.0 Å². The second-order valence-corrected chi connectivity index (χ2v) is 14.1. The third kappa shape index (κ3) is 3.91. The topological polar surface area (TPSA) is 32.8 Å². The molecule has 2 aliphatic heterocycles. The highest BCUT2D eigenvalue weighted by molar-refractivity contribution is 5.79. The van der Waals surface area contributed by atoms with Gasteiger partial charge in [-0.15, -0.1) is 0 Å². The van der Waals surface area contributed by atoms with Crippen LogP contribution in [0.2, 0.25) is 0 Å². The van der Waals surface area contributed by atoms with Crippen molar-refractivity contribution in [2.75, 3.05) is 33.7 Å². The Balaban J connectivity index is 1.24. The number of ether oxygens (including phenoxy) is 1. The summed E-state index contributed by atoms with van der Waals surface area (Å²) in [5, 5.41) is 0. The van der Waals surface area contributed by atoms with E-state index in [9.17, 15) is 4.79 Å². The number of likely N-dealkylation sites (tertiary alicyclic amines) is 1. The highest BCUT2D eigenvalue weighted by Crippen LogP contribution is 2.65. The van der Waals surface area contributed by atoms with Crippen LogP contribution in [-0.2, 0) is 9.53 Å². The normalized spacial score (nSPS) is 48.1. The molecule has 2 heterocycles. The number of rotatable bonds is 3. The first-order chi connectivity index (χ1) is 16.7. The molecular formula is C31H50N2O2. The number of hydrogen-bond acceptors (Lipinski definition) is 4. The Kier molecular flexibility index (Phi) is 6.29. The van der Waals surface area contributed by atoms with Gasteiger partial charge in [-0.2, -0.15) is 0 Å². The lowest BCUT2D eigenvalue weighted by Crippen LogP contribution is -2.51. The third-order valence-corrected chi connectivity index (χ3v) is 12.3. The van der Waals surface area contributed by atoms with Crippen LogP contribution in [0.25, 0.3) is 0 Å². The maximum absolute atomic E-state index is 12.3. The number of carbonyl (C=O) groups is 1. The minimum atomic E-state index is 0.0469. The molecule has 0 radical (unpaired) electrons. The van der Waals surface area contributed by atoms with Gasteiger partial charge in [0.05, 0.1) is 11.7 Å². The zero-order valence-corrected chi connectivity index (χ0v) is 23.2. The molecule has 2 saturated heterocycles. The van der Waals surface area contributed by atoms with Crippen molar-refractivity contribution < 1.29 is 9.53 Å². The summed E-state index contributed by atoms with van der Waals surface area (Å²) in [5.74, 6) is 4.22. The Morgan fingerprint density at radius 2 is 1.94 bits per heavy atom. The van der Waals surface area contributed by atoms with E-state index < -0.39 is 0 Å². The van der Waals surface area contributed by atoms with Crippen molar-refractivity contribution in [1.29, 1.82) is 0 Å². The molecule has 6 rings (SSSR count). The van der Waals surface area contributed by atoms with Crippen LogP contribution >= 0.6 is 0 Å². The zero-order valence-electron chi connectivity index (χ0n) is 23.2. The Morgan fingerprint density at radius 1 is 1.11 bits per heavy atom. The molecule has 0 aromatic rings. The summed E-state index contributed by atoms with van der Waals surface area (Å²) in [6.45, 7) is 11.1. The monoisotopic (exact) mass is 482 g/mol. The molecule has 0 N–H and O–H groups in total. The molecule has 1 spiro atoms. The Morgan fingerprint density at radius 3 is 2.74 bits per heavy atom. The minimum absolute atomic E-state index is 0.0469. The number of ketones is 1. The molecule has 0 unspecified atom stereocenters. The lowest BCUT2D eigenvalue weighted by molar-refractivity contribution is -0.129. The number of Topliss-reactive ketones (excluding diaryl/α,β-unsaturated/α-hetero) is 1. The van der Waals surface area contributed by atoms with E-state index in [4.69, 9.17) is 4.74 Å². The summed E-state index contributed by atoms with van der Waals surface area (Å²) in [7, 11) is 4.40. The van der Waals surface area contributed by atoms with Gasteiger partial charge in [0.15, 0.2) is 0 Å². The van der Waals surface area contributed by atoms with E-state index in [1.54, 1.807) is 5.57 Å². The fraction of sp³-hybridized carbons (Fsp3) is 0.903. The van der Waals surface area contributed by atoms with Gasteiger partial charge in [0.25, 0.3) is 0 Å². The van der Waals surface area contributed by atoms with Crippen molar-refractivity contribution >= 4 is 5.78 Å². The molecule has 9 atom stereocenters. The molecular weight excluding hydrogens is 432 g/mol. The highest BCUT2D eigenvalue weighted by atomic mass is 16.5. The lowest BCUT2D eigenvalue weighted by atomic mass is 9.52. The van der Waals surface area contributed by atoms with Crippen LogP contribution in [0.15, 0.2) is 11.1 Å². The molecule has 5 fully saturated rings. The van der Waals surface area contributed by atoms with Crippen molar-refractivity contribution in [1.82, 2.24) is 9.80 Å². The Hall–Kier alpha value is -0.710. The number of carbonyl (C=O) groups excluding carboxylic acids is 1. The SMILES string of the molecule is CC1=C2C[C@H]3[C@@H](CC[C@@H]4CC(=O)CC[C@@]43C)[C@@H]2CC[C@@]2(C1)O[C@@H]1CCCN(CCN(C)C)[C@H]1[C@H]2C. The summed E-state index contributed by atoms with van der Waals surface area (Å²) < 4.78 is 7.19. The maximum atomic E-state index is 12.3. The fourth-order valence-corrected chi connectivity index (χ4v) is 10.3. The van der Waals surface area contributed by atoms with Crippen molar-refractivity contribution in [3.05, 3.63) is 11.1 Å². The van der Waals surface area contributed by atoms with E-state index in [-0.39, 0.29) is 5.60 Å². The zero-order chi connectivity index (χ0) is 24.5. The number of likely N-dealkylation sites (N-methyl/N-ethyl adjacent to an activating group) is 1. The number of nitrogens with zero attached hydrogens (tertiary/aromatic N) is 2. The van der Waals surface area contributed by atoms with Crippen molar-refractivity contribution in [2.45, 2.75) is 109 Å². The van der Waals surface area contributed by atoms with E-state index in [0.717, 1.165) is 50.0 Å². The first-order valence-corrected chi connectivity index (χ1v) is 15.0. The molecule has 0 aromatic carbocycles. The lowest BCUT2D eigenvalue weighted by Gasteiger charge is -2.52. The van der Waals surface area contributed by atoms with Crippen LogP contribution in [0, 0.1) is 35.0 Å². The van der Waals surface area contributed by atoms with Crippen molar-refractivity contribution in [3.8, 4) is 0 Å². The minimum Gasteiger partial charge on any atom is -0.369 e. The summed E-state index contributed by atoms with van der Waals surface area (Å²) >= 11 is 0. The molecule has 4 aliphatic carbocycles. The van der Waals surface area contributed by atoms with Gasteiger partial charge >= 0.3 is 0 Å². The second-order valence-electron chi connectivity index (χ2n) is 14.1. The quantitative estimate of drug-likeness (QED) is 0.483. The second kappa shape index (κ2) is 8.95. The smallest absolute Gasteiger partial charge is 0.133 e. The van der Waals surface area contributed by atoms with Gasteiger partial charge in [0.2, 0.25) is 0 Å². The van der Waals surface area contributed by atoms with Gasteiger partial charge in [0.1, 0.15) is 5.78 Å². The highest BCUT2D eigenvalue weighted by Gasteiger charge is 2.59. The average molecular weight is 483 g/mol. The van der Waals surface area contributed by atoms with Crippen LogP contribution in [0.5, 0.6) is 0 Å². The van der Waals surface area contributed by atoms with Crippen LogP contribution in [0.3, 0.4) is 0 Å². The Labute approximate surface area is 214 Å². The van der Waals surface area contributed by atoms with E-state index in [1.165, 1.54) is 58.0 Å². The van der Waals surface area contributed by atoms with Gasteiger partial charge in [-0.25, -0.2) is 0 Å². The third-order valence-electron chi connectivity index (χ3n) is 12.3. The van der Waals surface area contributed by atoms with Gasteiger partial charge in [0, 0.05) is 37.9 Å². The van der Waals surface area contributed by atoms with Crippen LogP contribution < -0.4 is 0 Å². The van der Waals surface area contributed by atoms with E-state index in [1.807, 2.05) is 5.57 Å². The first kappa shape index (κ1) is 24.6. The van der Waals surface area contributed by atoms with Crippen LogP contribution in [-0.4, -0.2) is 67.1 Å². The van der Waals surface area contributed by atoms with Gasteiger partial charge in [-0.05, 0) is 114 Å². The number of piperidine rings is 1. The van der Waals surface area contributed by atoms with Crippen molar-refractivity contribution in [3.63, 3.8) is 0 Å². The first-order valence-electron chi connectivity index (χ1n) is 15.0. The largest absolute Gasteiger partial charge is 0.369 e. The van der Waals surface area contributed by atoms with E-state index >= 15 is 0 Å². The Bertz CT molecular complexity index is 881. The molecule has 4 heteroatoms. The number of fused-ring (bicyclic) bond motifs is 6. The molecule has 6 aliphatic rings. The molecule has 0 bridgehead atoms. The molecule has 0 aromatic heterocycles. The fourth-order valence-electron chi connectivity index (χ4n) is 10.3. The van der Waals surface area contributed by atoms with Crippen LogP contribution in [0.4, 0.5) is 0 Å². The van der Waals surface area contributed by atoms with Gasteiger partial charge < -0.3 is 9.64 Å². The van der Waals surface area contributed by atoms with E-state index in [0.29, 0.717) is 35.2 Å². The summed E-state index contributed by atoms with van der Waals surface area (Å²) in [6.07, 6.45) is 13.5. The number of hydrogen-bond donors (Lipinski definition) is 0. The summed E-state index contributed by atoms with van der Waals surface area (Å²) in [4.78, 5) is 17.4. The molecule has 0 amide bonds. The standard InChI is InChI=1S/C31H50N2O2/c1-20-19-31(21(2)29-28(35-31)7-6-14-33(29)16-15-32(4)5)13-11-24-25-9-8-22-17-23(34)10-12-30(22,3)27(25)18-26(20)24/h21-22,24-25,27-29H,6-19H2,1-5H3/t21-,22-,24+,25+,27+,28-,29+,30+,31+/m1/s1. The predicted octanol–water partition coefficient (Wildman–Crippen LogP) is 5.71. The van der Waals surface area contributed by atoms with Crippen LogP contribution in [0.1, 0.15) is 91.4 Å². The number of allylic oxidation sites excluding steroid dienone is 1. The average Bonchev–Trinajstić information content (AvgIpc) is 3.29. The molecule has 196 valence electrons. The summed E-state index contributed by atoms with van der Waals surface area (Å²) in [6, 6.07) is 0.598. The van der Waals surface area contributed by atoms with Gasteiger partial charge in [-0.3, -0.25) is 9.69 Å². The predicted molar refractivity (Wildman–Crippen MR) is 141 cm³/mol. The summed E-state index contributed by atoms with van der Waals surface area (Å²) in [5.41, 5.74) is 3.95. The maximum Gasteiger partial charge on any atom is 0.133 e. The van der Waals surface area contributed by atoms with Gasteiger partial charge in [-0.1, -0.05) is 25.0 Å². The van der Waals surface area contributed by atoms with E-state index in [2.05, 4.69) is 44.7 Å². The molecule has 4 nitrogen and oxygen atoms in total.